The van der Waals surface area contributed by atoms with Crippen LogP contribution in [-0.2, 0) is 6.54 Å². The molecule has 6 nitrogen and oxygen atoms in total. The summed E-state index contributed by atoms with van der Waals surface area (Å²) in [7, 11) is 3.37. The summed E-state index contributed by atoms with van der Waals surface area (Å²) in [6, 6.07) is 6.62. The molecular formula is C10H15IN4O2. The summed E-state index contributed by atoms with van der Waals surface area (Å²) in [6.07, 6.45) is 0. The van der Waals surface area contributed by atoms with Crippen molar-refractivity contribution in [2.75, 3.05) is 14.1 Å². The van der Waals surface area contributed by atoms with Crippen LogP contribution in [0.5, 0.6) is 0 Å². The molecule has 0 bridgehead atoms. The van der Waals surface area contributed by atoms with E-state index < -0.39 is 0 Å². The van der Waals surface area contributed by atoms with Crippen LogP contribution in [0.3, 0.4) is 0 Å². The Hall–Kier alpha value is -1.38. The van der Waals surface area contributed by atoms with E-state index in [2.05, 4.69) is 15.6 Å². The maximum Gasteiger partial charge on any atom is 0.274 e. The molecule has 0 amide bonds. The molecule has 0 radical (unpaired) electrons. The van der Waals surface area contributed by atoms with Crippen molar-refractivity contribution in [3.8, 4) is 0 Å². The number of nitrogens with one attached hydrogen (secondary N) is 2. The lowest BCUT2D eigenvalue weighted by atomic mass is 10.2. The van der Waals surface area contributed by atoms with Crippen molar-refractivity contribution in [1.29, 1.82) is 0 Å². The van der Waals surface area contributed by atoms with Crippen molar-refractivity contribution in [3.63, 3.8) is 0 Å². The topological polar surface area (TPSA) is 79.6 Å². The van der Waals surface area contributed by atoms with Gasteiger partial charge in [-0.3, -0.25) is 15.1 Å². The first kappa shape index (κ1) is 15.6. The van der Waals surface area contributed by atoms with Crippen LogP contribution in [0.1, 0.15) is 5.56 Å². The van der Waals surface area contributed by atoms with Gasteiger partial charge in [0.05, 0.1) is 4.92 Å². The minimum absolute atomic E-state index is 0. The molecule has 1 rings (SSSR count). The highest BCUT2D eigenvalue weighted by atomic mass is 127. The van der Waals surface area contributed by atoms with Crippen molar-refractivity contribution < 1.29 is 4.92 Å². The average molecular weight is 350 g/mol. The van der Waals surface area contributed by atoms with Gasteiger partial charge in [0.15, 0.2) is 5.96 Å². The predicted molar refractivity (Wildman–Crippen MR) is 77.8 cm³/mol. The van der Waals surface area contributed by atoms with Gasteiger partial charge in [-0.2, -0.15) is 0 Å². The van der Waals surface area contributed by atoms with Gasteiger partial charge in [-0.25, -0.2) is 0 Å². The average Bonchev–Trinajstić information content (AvgIpc) is 2.30. The quantitative estimate of drug-likeness (QED) is 0.285. The molecule has 0 fully saturated rings. The van der Waals surface area contributed by atoms with E-state index in [9.17, 15) is 10.1 Å². The zero-order valence-corrected chi connectivity index (χ0v) is 12.0. The smallest absolute Gasteiger partial charge is 0.274 e. The maximum atomic E-state index is 10.7. The molecule has 0 aliphatic rings. The van der Waals surface area contributed by atoms with E-state index in [1.807, 2.05) is 0 Å². The summed E-state index contributed by atoms with van der Waals surface area (Å²) >= 11 is 0. The molecule has 1 aromatic carbocycles. The van der Waals surface area contributed by atoms with Gasteiger partial charge in [0, 0.05) is 32.3 Å². The lowest BCUT2D eigenvalue weighted by Gasteiger charge is -2.08. The van der Waals surface area contributed by atoms with E-state index in [0.29, 0.717) is 18.1 Å². The van der Waals surface area contributed by atoms with Gasteiger partial charge >= 0.3 is 0 Å². The van der Waals surface area contributed by atoms with Gasteiger partial charge in [-0.1, -0.05) is 18.2 Å². The first-order chi connectivity index (χ1) is 7.69. The van der Waals surface area contributed by atoms with Gasteiger partial charge in [0.1, 0.15) is 0 Å². The van der Waals surface area contributed by atoms with Crippen molar-refractivity contribution >= 4 is 35.6 Å². The summed E-state index contributed by atoms with van der Waals surface area (Å²) in [5, 5.41) is 16.5. The molecule has 0 aromatic heterocycles. The van der Waals surface area contributed by atoms with E-state index in [-0.39, 0.29) is 34.6 Å². The molecule has 0 atom stereocenters. The second-order valence-corrected chi connectivity index (χ2v) is 3.06. The monoisotopic (exact) mass is 350 g/mol. The largest absolute Gasteiger partial charge is 0.359 e. The SMILES string of the molecule is CN=C(NC)NCc1ccccc1[N+](=O)[O-].I. The third-order valence-electron chi connectivity index (χ3n) is 2.10. The standard InChI is InChI=1S/C10H14N4O2.HI/c1-11-10(12-2)13-7-8-5-3-4-6-9(8)14(15)16;/h3-6H,7H2,1-2H3,(H2,11,12,13);1H. The van der Waals surface area contributed by atoms with E-state index in [4.69, 9.17) is 0 Å². The first-order valence-electron chi connectivity index (χ1n) is 4.79. The molecule has 94 valence electrons. The number of halogens is 1. The number of hydrogen-bond acceptors (Lipinski definition) is 3. The van der Waals surface area contributed by atoms with E-state index >= 15 is 0 Å². The summed E-state index contributed by atoms with van der Waals surface area (Å²) < 4.78 is 0. The second-order valence-electron chi connectivity index (χ2n) is 3.06. The number of rotatable bonds is 3. The number of nitro benzene ring substituents is 1. The molecule has 0 heterocycles. The lowest BCUT2D eigenvalue weighted by Crippen LogP contribution is -2.34. The van der Waals surface area contributed by atoms with Crippen LogP contribution in [0.15, 0.2) is 29.3 Å². The predicted octanol–water partition coefficient (Wildman–Crippen LogP) is 1.51. The fourth-order valence-corrected chi connectivity index (χ4v) is 1.30. The molecule has 1 aromatic rings. The second kappa shape index (κ2) is 7.82. The van der Waals surface area contributed by atoms with Crippen LogP contribution in [0.25, 0.3) is 0 Å². The molecule has 2 N–H and O–H groups in total. The minimum Gasteiger partial charge on any atom is -0.359 e. The Morgan fingerprint density at radius 2 is 2.12 bits per heavy atom. The zero-order valence-electron chi connectivity index (χ0n) is 9.64. The van der Waals surface area contributed by atoms with Crippen LogP contribution in [-0.4, -0.2) is 25.0 Å². The Labute approximate surface area is 117 Å². The fraction of sp³-hybridized carbons (Fsp3) is 0.300. The molecule has 0 saturated heterocycles. The molecule has 0 aliphatic heterocycles. The normalized spacial score (nSPS) is 10.4. The van der Waals surface area contributed by atoms with Crippen LogP contribution < -0.4 is 10.6 Å². The van der Waals surface area contributed by atoms with Gasteiger partial charge in [-0.05, 0) is 0 Å². The van der Waals surface area contributed by atoms with Crippen LogP contribution in [0, 0.1) is 10.1 Å². The van der Waals surface area contributed by atoms with Crippen LogP contribution >= 0.6 is 24.0 Å². The van der Waals surface area contributed by atoms with Crippen molar-refractivity contribution in [2.45, 2.75) is 6.54 Å². The Morgan fingerprint density at radius 3 is 2.65 bits per heavy atom. The van der Waals surface area contributed by atoms with Gasteiger partial charge in [0.25, 0.3) is 5.69 Å². The van der Waals surface area contributed by atoms with E-state index in [1.165, 1.54) is 6.07 Å². The Balaban J connectivity index is 0.00000256. The van der Waals surface area contributed by atoms with Gasteiger partial charge in [-0.15, -0.1) is 24.0 Å². The highest BCUT2D eigenvalue weighted by Gasteiger charge is 2.11. The van der Waals surface area contributed by atoms with Crippen molar-refractivity contribution in [3.05, 3.63) is 39.9 Å². The number of hydrogen-bond donors (Lipinski definition) is 2. The maximum absolute atomic E-state index is 10.7. The van der Waals surface area contributed by atoms with Crippen LogP contribution in [0.4, 0.5) is 5.69 Å². The fourth-order valence-electron chi connectivity index (χ4n) is 1.30. The Kier molecular flexibility index (Phi) is 7.19. The number of aliphatic imine (C=N–C) groups is 1. The number of para-hydroxylation sites is 1. The molecular weight excluding hydrogens is 335 g/mol. The molecule has 0 saturated carbocycles. The first-order valence-corrected chi connectivity index (χ1v) is 4.79. The highest BCUT2D eigenvalue weighted by molar-refractivity contribution is 14.0. The summed E-state index contributed by atoms with van der Waals surface area (Å²) in [6.45, 7) is 0.366. The van der Waals surface area contributed by atoms with Crippen molar-refractivity contribution in [1.82, 2.24) is 10.6 Å². The molecule has 0 spiro atoms. The molecule has 7 heteroatoms. The highest BCUT2D eigenvalue weighted by Crippen LogP contribution is 2.16. The van der Waals surface area contributed by atoms with Crippen molar-refractivity contribution in [2.24, 2.45) is 4.99 Å². The van der Waals surface area contributed by atoms with E-state index in [1.54, 1.807) is 32.3 Å². The Bertz CT molecular complexity index is 409. The zero-order chi connectivity index (χ0) is 12.0. The van der Waals surface area contributed by atoms with Gasteiger partial charge in [0.2, 0.25) is 0 Å². The summed E-state index contributed by atoms with van der Waals surface area (Å²) in [5.41, 5.74) is 0.741. The number of benzene rings is 1. The summed E-state index contributed by atoms with van der Waals surface area (Å²) in [4.78, 5) is 14.3. The molecule has 0 unspecified atom stereocenters. The summed E-state index contributed by atoms with van der Waals surface area (Å²) in [5.74, 6) is 0.596. The number of nitrogens with zero attached hydrogens (tertiary/aromatic N) is 2. The molecule has 17 heavy (non-hydrogen) atoms. The minimum atomic E-state index is -0.390. The van der Waals surface area contributed by atoms with E-state index in [0.717, 1.165) is 0 Å². The third-order valence-corrected chi connectivity index (χ3v) is 2.10. The Morgan fingerprint density at radius 1 is 1.47 bits per heavy atom. The lowest BCUT2D eigenvalue weighted by molar-refractivity contribution is -0.385. The van der Waals surface area contributed by atoms with Gasteiger partial charge < -0.3 is 10.6 Å². The number of nitro groups is 1. The number of guanidine groups is 1. The third kappa shape index (κ3) is 4.55. The van der Waals surface area contributed by atoms with Crippen LogP contribution in [0.2, 0.25) is 0 Å². The molecule has 0 aliphatic carbocycles.